The molecule has 4 nitrogen and oxygen atoms in total. The molecule has 0 spiro atoms. The maximum Gasteiger partial charge on any atom is 0.119 e. The minimum Gasteiger partial charge on any atom is -0.508 e. The zero-order chi connectivity index (χ0) is 21.8. The van der Waals surface area contributed by atoms with Crippen LogP contribution >= 0.6 is 0 Å². The van der Waals surface area contributed by atoms with Crippen LogP contribution in [0, 0.1) is 0 Å². The molecular weight excluding hydrogens is 388 g/mol. The Bertz CT molecular complexity index is 1160. The third kappa shape index (κ3) is 4.98. The average molecular weight is 412 g/mol. The van der Waals surface area contributed by atoms with Crippen molar-refractivity contribution < 1.29 is 20.4 Å². The molecule has 4 aromatic rings. The van der Waals surface area contributed by atoms with Gasteiger partial charge in [-0.1, -0.05) is 42.5 Å². The fraction of sp³-hybridized carbons (Fsp3) is 0.111. The lowest BCUT2D eigenvalue weighted by atomic mass is 9.88. The number of phenolic OH excluding ortho intramolecular Hbond substituents is 4. The van der Waals surface area contributed by atoms with Gasteiger partial charge in [-0.25, -0.2) is 0 Å². The van der Waals surface area contributed by atoms with Crippen molar-refractivity contribution in [2.24, 2.45) is 0 Å². The molecule has 31 heavy (non-hydrogen) atoms. The van der Waals surface area contributed by atoms with E-state index in [-0.39, 0.29) is 23.0 Å². The fourth-order valence-corrected chi connectivity index (χ4v) is 3.78. The quantitative estimate of drug-likeness (QED) is 0.347. The van der Waals surface area contributed by atoms with Crippen LogP contribution in [0.3, 0.4) is 0 Å². The zero-order valence-electron chi connectivity index (χ0n) is 17.0. The lowest BCUT2D eigenvalue weighted by Gasteiger charge is -2.18. The molecular formula is C27H24O4. The maximum atomic E-state index is 10.7. The van der Waals surface area contributed by atoms with Crippen LogP contribution in [0.15, 0.2) is 84.9 Å². The second-order valence-electron chi connectivity index (χ2n) is 7.73. The normalized spacial score (nSPS) is 10.8. The molecule has 0 unspecified atom stereocenters. The Morgan fingerprint density at radius 3 is 1.23 bits per heavy atom. The molecule has 0 bridgehead atoms. The largest absolute Gasteiger partial charge is 0.508 e. The van der Waals surface area contributed by atoms with Gasteiger partial charge in [-0.15, -0.1) is 0 Å². The van der Waals surface area contributed by atoms with Gasteiger partial charge in [0.05, 0.1) is 0 Å². The van der Waals surface area contributed by atoms with Crippen LogP contribution in [-0.2, 0) is 19.3 Å². The molecule has 0 aliphatic carbocycles. The Balaban J connectivity index is 1.76. The third-order valence-corrected chi connectivity index (χ3v) is 5.47. The second kappa shape index (κ2) is 8.84. The molecule has 156 valence electrons. The number of aromatic hydroxyl groups is 4. The van der Waals surface area contributed by atoms with Crippen molar-refractivity contribution in [2.45, 2.75) is 19.3 Å². The summed E-state index contributed by atoms with van der Waals surface area (Å²) in [6.45, 7) is 0. The van der Waals surface area contributed by atoms with E-state index in [4.69, 9.17) is 0 Å². The van der Waals surface area contributed by atoms with Crippen molar-refractivity contribution in [1.29, 1.82) is 0 Å². The average Bonchev–Trinajstić information content (AvgIpc) is 2.77. The van der Waals surface area contributed by atoms with Gasteiger partial charge in [-0.05, 0) is 83.1 Å². The summed E-state index contributed by atoms with van der Waals surface area (Å²) < 4.78 is 0. The van der Waals surface area contributed by atoms with Gasteiger partial charge in [0.1, 0.15) is 23.0 Å². The highest BCUT2D eigenvalue weighted by molar-refractivity contribution is 5.51. The zero-order valence-corrected chi connectivity index (χ0v) is 17.0. The fourth-order valence-electron chi connectivity index (χ4n) is 3.78. The summed E-state index contributed by atoms with van der Waals surface area (Å²) in [6.07, 6.45) is 1.80. The molecule has 0 heterocycles. The van der Waals surface area contributed by atoms with E-state index in [0.717, 1.165) is 33.4 Å². The van der Waals surface area contributed by atoms with Gasteiger partial charge in [0.15, 0.2) is 0 Å². The first-order valence-corrected chi connectivity index (χ1v) is 10.1. The van der Waals surface area contributed by atoms with Gasteiger partial charge in [-0.2, -0.15) is 0 Å². The van der Waals surface area contributed by atoms with Crippen LogP contribution in [0.25, 0.3) is 0 Å². The van der Waals surface area contributed by atoms with E-state index in [1.807, 2.05) is 42.5 Å². The van der Waals surface area contributed by atoms with Crippen LogP contribution < -0.4 is 0 Å². The summed E-state index contributed by atoms with van der Waals surface area (Å²) >= 11 is 0. The first-order valence-electron chi connectivity index (χ1n) is 10.1. The Morgan fingerprint density at radius 1 is 0.387 bits per heavy atom. The molecule has 0 aliphatic rings. The lowest BCUT2D eigenvalue weighted by molar-refractivity contribution is 0.468. The molecule has 0 aromatic heterocycles. The summed E-state index contributed by atoms with van der Waals surface area (Å²) in [5.41, 5.74) is 6.04. The number of phenols is 4. The molecule has 4 rings (SSSR count). The monoisotopic (exact) mass is 412 g/mol. The van der Waals surface area contributed by atoms with Gasteiger partial charge >= 0.3 is 0 Å². The van der Waals surface area contributed by atoms with Crippen LogP contribution in [-0.4, -0.2) is 20.4 Å². The predicted molar refractivity (Wildman–Crippen MR) is 121 cm³/mol. The summed E-state index contributed by atoms with van der Waals surface area (Å²) in [5.74, 6) is 0.884. The first kappa shape index (κ1) is 20.4. The molecule has 0 amide bonds. The standard InChI is InChI=1S/C27H24O4/c28-22-8-1-18(2-9-22)15-21-7-14-27(31)26(17-20-5-12-24(30)13-6-20)25(21)16-19-3-10-23(29)11-4-19/h1-14,28-31H,15-17H2. The van der Waals surface area contributed by atoms with Crippen LogP contribution in [0.5, 0.6) is 23.0 Å². The number of rotatable bonds is 6. The third-order valence-electron chi connectivity index (χ3n) is 5.47. The highest BCUT2D eigenvalue weighted by Crippen LogP contribution is 2.31. The SMILES string of the molecule is Oc1ccc(Cc2ccc(O)c(Cc3ccc(O)cc3)c2Cc2ccc(O)cc2)cc1. The van der Waals surface area contributed by atoms with Crippen molar-refractivity contribution in [2.75, 3.05) is 0 Å². The molecule has 4 heteroatoms. The topological polar surface area (TPSA) is 80.9 Å². The minimum atomic E-state index is 0.207. The van der Waals surface area contributed by atoms with Crippen LogP contribution in [0.4, 0.5) is 0 Å². The predicted octanol–water partition coefficient (Wildman–Crippen LogP) is 5.28. The van der Waals surface area contributed by atoms with Gasteiger partial charge in [0.25, 0.3) is 0 Å². The molecule has 0 aliphatic heterocycles. The van der Waals surface area contributed by atoms with E-state index < -0.39 is 0 Å². The molecule has 0 atom stereocenters. The minimum absolute atomic E-state index is 0.207. The highest BCUT2D eigenvalue weighted by atomic mass is 16.3. The molecule has 0 radical (unpaired) electrons. The number of benzene rings is 4. The van der Waals surface area contributed by atoms with Crippen LogP contribution in [0.1, 0.15) is 33.4 Å². The molecule has 0 fully saturated rings. The van der Waals surface area contributed by atoms with Gasteiger partial charge in [0, 0.05) is 12.0 Å². The van der Waals surface area contributed by atoms with E-state index in [1.165, 1.54) is 0 Å². The molecule has 4 aromatic carbocycles. The second-order valence-corrected chi connectivity index (χ2v) is 7.73. The van der Waals surface area contributed by atoms with E-state index in [2.05, 4.69) is 0 Å². The summed E-state index contributed by atoms with van der Waals surface area (Å²) in [7, 11) is 0. The Morgan fingerprint density at radius 2 is 0.774 bits per heavy atom. The lowest BCUT2D eigenvalue weighted by Crippen LogP contribution is -2.04. The van der Waals surface area contributed by atoms with Gasteiger partial charge in [-0.3, -0.25) is 0 Å². The van der Waals surface area contributed by atoms with Crippen molar-refractivity contribution in [3.8, 4) is 23.0 Å². The highest BCUT2D eigenvalue weighted by Gasteiger charge is 2.15. The van der Waals surface area contributed by atoms with Crippen molar-refractivity contribution in [1.82, 2.24) is 0 Å². The number of hydrogen-bond donors (Lipinski definition) is 4. The van der Waals surface area contributed by atoms with E-state index in [1.54, 1.807) is 42.5 Å². The van der Waals surface area contributed by atoms with Gasteiger partial charge < -0.3 is 20.4 Å². The molecule has 0 saturated heterocycles. The van der Waals surface area contributed by atoms with E-state index in [9.17, 15) is 20.4 Å². The Labute approximate surface area is 181 Å². The van der Waals surface area contributed by atoms with Crippen LogP contribution in [0.2, 0.25) is 0 Å². The molecule has 4 N–H and O–H groups in total. The number of hydrogen-bond acceptors (Lipinski definition) is 4. The summed E-state index contributed by atoms with van der Waals surface area (Å²) in [5, 5.41) is 39.5. The Hall–Kier alpha value is -3.92. The van der Waals surface area contributed by atoms with Crippen molar-refractivity contribution >= 4 is 0 Å². The van der Waals surface area contributed by atoms with E-state index >= 15 is 0 Å². The smallest absolute Gasteiger partial charge is 0.119 e. The maximum absolute atomic E-state index is 10.7. The van der Waals surface area contributed by atoms with Gasteiger partial charge in [0.2, 0.25) is 0 Å². The van der Waals surface area contributed by atoms with Crippen molar-refractivity contribution in [3.05, 3.63) is 118 Å². The summed E-state index contributed by atoms with van der Waals surface area (Å²) in [4.78, 5) is 0. The summed E-state index contributed by atoms with van der Waals surface area (Å²) in [6, 6.07) is 24.9. The Kier molecular flexibility index (Phi) is 5.80. The van der Waals surface area contributed by atoms with E-state index in [0.29, 0.717) is 19.3 Å². The molecule has 0 saturated carbocycles. The first-order chi connectivity index (χ1) is 15.0. The van der Waals surface area contributed by atoms with Crippen molar-refractivity contribution in [3.63, 3.8) is 0 Å².